The number of aryl methyl sites for hydroxylation is 1. The molecule has 0 unspecified atom stereocenters. The third-order valence-corrected chi connectivity index (χ3v) is 5.56. The van der Waals surface area contributed by atoms with Crippen LogP contribution in [0, 0.1) is 0 Å². The minimum atomic E-state index is -0.430. The zero-order valence-corrected chi connectivity index (χ0v) is 20.4. The number of hydrogen-bond donors (Lipinski definition) is 2. The molecule has 0 radical (unpaired) electrons. The van der Waals surface area contributed by atoms with Gasteiger partial charge in [0.2, 0.25) is 0 Å². The normalized spacial score (nSPS) is 10.7. The summed E-state index contributed by atoms with van der Waals surface area (Å²) < 4.78 is 13.7. The first-order valence-electron chi connectivity index (χ1n) is 10.3. The minimum Gasteiger partial charge on any atom is -0.484 e. The van der Waals surface area contributed by atoms with E-state index >= 15 is 0 Å². The largest absolute Gasteiger partial charge is 0.484 e. The highest BCUT2D eigenvalue weighted by Gasteiger charge is 2.14. The lowest BCUT2D eigenvalue weighted by Gasteiger charge is -2.09. The molecule has 2 amide bonds. The predicted molar refractivity (Wildman–Crippen MR) is 132 cm³/mol. The van der Waals surface area contributed by atoms with E-state index in [1.54, 1.807) is 65.5 Å². The van der Waals surface area contributed by atoms with E-state index in [9.17, 15) is 9.59 Å². The number of nitrogens with one attached hydrogen (secondary N) is 2. The Bertz CT molecular complexity index is 1330. The Labute approximate surface area is 209 Å². The van der Waals surface area contributed by atoms with E-state index in [0.717, 1.165) is 4.47 Å². The number of rotatable bonds is 8. The first-order valence-corrected chi connectivity index (χ1v) is 11.5. The maximum atomic E-state index is 12.6. The highest BCUT2D eigenvalue weighted by Crippen LogP contribution is 2.28. The standard InChI is InChI=1S/C24H20BrClN4O4/c1-2-30-20(10-11-27-30)23(31)28-16-4-3-5-17(13-16)29-24(32)22-9-7-18(34-22)14-33-21-8-6-15(25)12-19(21)26/h3-13H,2,14H2,1H3,(H,28,31)(H,29,32). The van der Waals surface area contributed by atoms with Gasteiger partial charge in [0.15, 0.2) is 5.76 Å². The van der Waals surface area contributed by atoms with Crippen LogP contribution < -0.4 is 15.4 Å². The number of carbonyl (C=O) groups is 2. The summed E-state index contributed by atoms with van der Waals surface area (Å²) in [6, 6.07) is 17.0. The van der Waals surface area contributed by atoms with Gasteiger partial charge in [-0.15, -0.1) is 0 Å². The van der Waals surface area contributed by atoms with Crippen LogP contribution in [0.3, 0.4) is 0 Å². The van der Waals surface area contributed by atoms with Crippen LogP contribution in [0.25, 0.3) is 0 Å². The summed E-state index contributed by atoms with van der Waals surface area (Å²) in [7, 11) is 0. The molecule has 0 atom stereocenters. The van der Waals surface area contributed by atoms with E-state index in [-0.39, 0.29) is 18.3 Å². The first kappa shape index (κ1) is 23.6. The summed E-state index contributed by atoms with van der Waals surface area (Å²) in [4.78, 5) is 25.1. The molecular formula is C24H20BrClN4O4. The zero-order valence-electron chi connectivity index (χ0n) is 18.0. The van der Waals surface area contributed by atoms with Crippen molar-refractivity contribution in [3.8, 4) is 5.75 Å². The average molecular weight is 544 g/mol. The predicted octanol–water partition coefficient (Wildman–Crippen LogP) is 6.00. The van der Waals surface area contributed by atoms with Crippen molar-refractivity contribution < 1.29 is 18.7 Å². The van der Waals surface area contributed by atoms with Crippen molar-refractivity contribution >= 4 is 50.7 Å². The van der Waals surface area contributed by atoms with E-state index in [1.165, 1.54) is 0 Å². The molecule has 2 aromatic heterocycles. The van der Waals surface area contributed by atoms with Gasteiger partial charge in [-0.05, 0) is 61.5 Å². The number of nitrogens with zero attached hydrogens (tertiary/aromatic N) is 2. The number of halogens is 2. The molecule has 0 saturated heterocycles. The number of carbonyl (C=O) groups excluding carboxylic acids is 2. The molecule has 0 spiro atoms. The van der Waals surface area contributed by atoms with E-state index in [2.05, 4.69) is 31.7 Å². The van der Waals surface area contributed by atoms with Crippen LogP contribution in [-0.4, -0.2) is 21.6 Å². The van der Waals surface area contributed by atoms with Crippen molar-refractivity contribution in [2.24, 2.45) is 0 Å². The second kappa shape index (κ2) is 10.6. The fraction of sp³-hybridized carbons (Fsp3) is 0.125. The van der Waals surface area contributed by atoms with Gasteiger partial charge in [-0.2, -0.15) is 5.10 Å². The van der Waals surface area contributed by atoms with Gasteiger partial charge >= 0.3 is 0 Å². The third kappa shape index (κ3) is 5.67. The van der Waals surface area contributed by atoms with Crippen LogP contribution >= 0.6 is 27.5 Å². The molecule has 0 aliphatic carbocycles. The van der Waals surface area contributed by atoms with Crippen LogP contribution in [0.1, 0.15) is 33.7 Å². The summed E-state index contributed by atoms with van der Waals surface area (Å²) in [6.07, 6.45) is 1.57. The van der Waals surface area contributed by atoms with Crippen LogP contribution in [0.2, 0.25) is 5.02 Å². The van der Waals surface area contributed by atoms with Crippen molar-refractivity contribution in [3.05, 3.63) is 93.6 Å². The number of anilines is 2. The molecule has 0 bridgehead atoms. The smallest absolute Gasteiger partial charge is 0.291 e. The zero-order chi connectivity index (χ0) is 24.1. The molecule has 8 nitrogen and oxygen atoms in total. The molecular weight excluding hydrogens is 524 g/mol. The highest BCUT2D eigenvalue weighted by atomic mass is 79.9. The third-order valence-electron chi connectivity index (χ3n) is 4.78. The van der Waals surface area contributed by atoms with Crippen molar-refractivity contribution in [2.75, 3.05) is 10.6 Å². The number of aromatic nitrogens is 2. The topological polar surface area (TPSA) is 98.4 Å². The number of ether oxygens (including phenoxy) is 1. The lowest BCUT2D eigenvalue weighted by Crippen LogP contribution is -2.17. The van der Waals surface area contributed by atoms with Crippen molar-refractivity contribution in [1.29, 1.82) is 0 Å². The summed E-state index contributed by atoms with van der Waals surface area (Å²) in [5.74, 6) is 0.387. The Morgan fingerprint density at radius 2 is 1.82 bits per heavy atom. The summed E-state index contributed by atoms with van der Waals surface area (Å²) in [5, 5.41) is 10.1. The molecule has 0 saturated carbocycles. The monoisotopic (exact) mass is 542 g/mol. The Morgan fingerprint density at radius 1 is 1.06 bits per heavy atom. The first-order chi connectivity index (χ1) is 16.4. The van der Waals surface area contributed by atoms with Gasteiger partial charge in [-0.3, -0.25) is 14.3 Å². The number of furan rings is 1. The minimum absolute atomic E-state index is 0.116. The Morgan fingerprint density at radius 3 is 2.56 bits per heavy atom. The Kier molecular flexibility index (Phi) is 7.34. The van der Waals surface area contributed by atoms with Crippen LogP contribution in [0.15, 0.2) is 75.8 Å². The molecule has 4 rings (SSSR count). The fourth-order valence-electron chi connectivity index (χ4n) is 3.16. The quantitative estimate of drug-likeness (QED) is 0.284. The molecule has 10 heteroatoms. The van der Waals surface area contributed by atoms with Gasteiger partial charge in [0, 0.05) is 28.6 Å². The summed E-state index contributed by atoms with van der Waals surface area (Å²) >= 11 is 9.49. The fourth-order valence-corrected chi connectivity index (χ4v) is 3.89. The molecule has 34 heavy (non-hydrogen) atoms. The second-order valence-corrected chi connectivity index (χ2v) is 8.47. The summed E-state index contributed by atoms with van der Waals surface area (Å²) in [5.41, 5.74) is 1.49. The van der Waals surface area contributed by atoms with Crippen LogP contribution in [-0.2, 0) is 13.2 Å². The van der Waals surface area contributed by atoms with Gasteiger partial charge < -0.3 is 19.8 Å². The average Bonchev–Trinajstić information content (AvgIpc) is 3.48. The molecule has 2 heterocycles. The van der Waals surface area contributed by atoms with E-state index in [0.29, 0.717) is 40.1 Å². The van der Waals surface area contributed by atoms with Gasteiger partial charge in [0.25, 0.3) is 11.8 Å². The molecule has 0 aliphatic rings. The van der Waals surface area contributed by atoms with E-state index in [4.69, 9.17) is 20.8 Å². The van der Waals surface area contributed by atoms with E-state index < -0.39 is 5.91 Å². The Balaban J connectivity index is 1.36. The summed E-state index contributed by atoms with van der Waals surface area (Å²) in [6.45, 7) is 2.60. The number of amides is 2. The maximum absolute atomic E-state index is 12.6. The molecule has 2 N–H and O–H groups in total. The van der Waals surface area contributed by atoms with Gasteiger partial charge in [-0.1, -0.05) is 33.6 Å². The van der Waals surface area contributed by atoms with Crippen LogP contribution in [0.4, 0.5) is 11.4 Å². The maximum Gasteiger partial charge on any atom is 0.291 e. The van der Waals surface area contributed by atoms with E-state index in [1.807, 2.05) is 13.0 Å². The second-order valence-electron chi connectivity index (χ2n) is 7.15. The number of benzene rings is 2. The molecule has 0 aliphatic heterocycles. The molecule has 0 fully saturated rings. The van der Waals surface area contributed by atoms with Gasteiger partial charge in [0.1, 0.15) is 23.8 Å². The van der Waals surface area contributed by atoms with Crippen molar-refractivity contribution in [3.63, 3.8) is 0 Å². The van der Waals surface area contributed by atoms with Gasteiger partial charge in [0.05, 0.1) is 5.02 Å². The van der Waals surface area contributed by atoms with Crippen LogP contribution in [0.5, 0.6) is 5.75 Å². The Hall–Kier alpha value is -3.56. The van der Waals surface area contributed by atoms with Crippen molar-refractivity contribution in [2.45, 2.75) is 20.1 Å². The SMILES string of the molecule is CCn1nccc1C(=O)Nc1cccc(NC(=O)c2ccc(COc3ccc(Br)cc3Cl)o2)c1. The molecule has 4 aromatic rings. The molecule has 174 valence electrons. The lowest BCUT2D eigenvalue weighted by atomic mass is 10.2. The lowest BCUT2D eigenvalue weighted by molar-refractivity contribution is 0.0990. The number of hydrogen-bond acceptors (Lipinski definition) is 5. The molecule has 2 aromatic carbocycles. The van der Waals surface area contributed by atoms with Gasteiger partial charge in [-0.25, -0.2) is 0 Å². The van der Waals surface area contributed by atoms with Crippen molar-refractivity contribution in [1.82, 2.24) is 9.78 Å². The highest BCUT2D eigenvalue weighted by molar-refractivity contribution is 9.10.